The predicted octanol–water partition coefficient (Wildman–Crippen LogP) is 2.47. The molecule has 2 atom stereocenters. The van der Waals surface area contributed by atoms with Crippen LogP contribution in [-0.2, 0) is 0 Å². The van der Waals surface area contributed by atoms with Gasteiger partial charge in [-0.2, -0.15) is 0 Å². The minimum absolute atomic E-state index is 0.0221. The van der Waals surface area contributed by atoms with Crippen LogP contribution in [-0.4, -0.2) is 41.3 Å². The SMILES string of the molecule is O=C(NC1CC1c1ccc(Br)cc1)N(CCO)C1CC1. The zero-order valence-corrected chi connectivity index (χ0v) is 12.8. The third-order valence-electron chi connectivity index (χ3n) is 3.99. The molecule has 20 heavy (non-hydrogen) atoms. The number of carbonyl (C=O) groups excluding carboxylic acids is 1. The molecule has 2 saturated carbocycles. The molecule has 3 rings (SSSR count). The Morgan fingerprint density at radius 3 is 2.65 bits per heavy atom. The molecule has 2 N–H and O–H groups in total. The van der Waals surface area contributed by atoms with Crippen molar-refractivity contribution >= 4 is 22.0 Å². The van der Waals surface area contributed by atoms with Crippen LogP contribution in [0.4, 0.5) is 4.79 Å². The number of hydrogen-bond donors (Lipinski definition) is 2. The Morgan fingerprint density at radius 1 is 1.35 bits per heavy atom. The summed E-state index contributed by atoms with van der Waals surface area (Å²) in [5.74, 6) is 0.433. The molecule has 5 heteroatoms. The van der Waals surface area contributed by atoms with Crippen LogP contribution in [0.25, 0.3) is 0 Å². The van der Waals surface area contributed by atoms with Gasteiger partial charge in [-0.15, -0.1) is 0 Å². The maximum Gasteiger partial charge on any atom is 0.317 e. The van der Waals surface area contributed by atoms with Gasteiger partial charge in [0.15, 0.2) is 0 Å². The van der Waals surface area contributed by atoms with E-state index < -0.39 is 0 Å². The summed E-state index contributed by atoms with van der Waals surface area (Å²) in [6.45, 7) is 0.469. The minimum atomic E-state index is -0.0221. The van der Waals surface area contributed by atoms with Crippen LogP contribution < -0.4 is 5.32 Å². The topological polar surface area (TPSA) is 52.6 Å². The Hall–Kier alpha value is -1.07. The van der Waals surface area contributed by atoms with Gasteiger partial charge in [-0.1, -0.05) is 28.1 Å². The standard InChI is InChI=1S/C15H19BrN2O2/c16-11-3-1-10(2-4-11)13-9-14(13)17-15(20)18(7-8-19)12-5-6-12/h1-4,12-14,19H,5-9H2,(H,17,20). The minimum Gasteiger partial charge on any atom is -0.395 e. The zero-order chi connectivity index (χ0) is 14.1. The fraction of sp³-hybridized carbons (Fsp3) is 0.533. The molecule has 0 aromatic heterocycles. The summed E-state index contributed by atoms with van der Waals surface area (Å²) in [7, 11) is 0. The molecular weight excluding hydrogens is 320 g/mol. The Morgan fingerprint density at radius 2 is 2.05 bits per heavy atom. The normalized spacial score (nSPS) is 24.3. The Balaban J connectivity index is 1.54. The first-order valence-electron chi connectivity index (χ1n) is 7.12. The summed E-state index contributed by atoms with van der Waals surface area (Å²) >= 11 is 3.43. The zero-order valence-electron chi connectivity index (χ0n) is 11.3. The number of hydrogen-bond acceptors (Lipinski definition) is 2. The monoisotopic (exact) mass is 338 g/mol. The van der Waals surface area contributed by atoms with E-state index in [4.69, 9.17) is 5.11 Å². The van der Waals surface area contributed by atoms with Crippen molar-refractivity contribution in [3.05, 3.63) is 34.3 Å². The van der Waals surface area contributed by atoms with E-state index in [1.165, 1.54) is 5.56 Å². The first-order valence-corrected chi connectivity index (χ1v) is 7.92. The lowest BCUT2D eigenvalue weighted by molar-refractivity contribution is 0.173. The van der Waals surface area contributed by atoms with Crippen LogP contribution in [0.3, 0.4) is 0 Å². The lowest BCUT2D eigenvalue weighted by Crippen LogP contribution is -2.44. The number of benzene rings is 1. The molecule has 1 aromatic carbocycles. The number of rotatable bonds is 5. The quantitative estimate of drug-likeness (QED) is 0.866. The molecule has 0 radical (unpaired) electrons. The lowest BCUT2D eigenvalue weighted by Gasteiger charge is -2.21. The highest BCUT2D eigenvalue weighted by Crippen LogP contribution is 2.41. The van der Waals surface area contributed by atoms with Crippen molar-refractivity contribution in [2.75, 3.05) is 13.2 Å². The van der Waals surface area contributed by atoms with E-state index in [0.29, 0.717) is 18.5 Å². The summed E-state index contributed by atoms with van der Waals surface area (Å²) in [5.41, 5.74) is 1.28. The summed E-state index contributed by atoms with van der Waals surface area (Å²) in [6.07, 6.45) is 3.13. The highest BCUT2D eigenvalue weighted by molar-refractivity contribution is 9.10. The Labute approximate surface area is 127 Å². The molecule has 4 nitrogen and oxygen atoms in total. The number of urea groups is 1. The lowest BCUT2D eigenvalue weighted by atomic mass is 10.1. The number of nitrogens with zero attached hydrogens (tertiary/aromatic N) is 1. The molecule has 0 spiro atoms. The van der Waals surface area contributed by atoms with Crippen molar-refractivity contribution in [3.63, 3.8) is 0 Å². The van der Waals surface area contributed by atoms with Gasteiger partial charge in [0.05, 0.1) is 6.61 Å². The van der Waals surface area contributed by atoms with Gasteiger partial charge < -0.3 is 15.3 Å². The van der Waals surface area contributed by atoms with Gasteiger partial charge in [-0.05, 0) is 37.0 Å². The van der Waals surface area contributed by atoms with Crippen molar-refractivity contribution < 1.29 is 9.90 Å². The molecule has 2 aliphatic rings. The molecule has 2 fully saturated rings. The number of halogens is 1. The molecule has 0 aliphatic heterocycles. The molecule has 2 aliphatic carbocycles. The molecule has 0 heterocycles. The Bertz CT molecular complexity index is 487. The second-order valence-electron chi connectivity index (χ2n) is 5.60. The number of nitrogens with one attached hydrogen (secondary N) is 1. The van der Waals surface area contributed by atoms with Gasteiger partial charge >= 0.3 is 6.03 Å². The van der Waals surface area contributed by atoms with Gasteiger partial charge in [-0.3, -0.25) is 0 Å². The molecule has 108 valence electrons. The highest BCUT2D eigenvalue weighted by atomic mass is 79.9. The van der Waals surface area contributed by atoms with Crippen LogP contribution in [0.5, 0.6) is 0 Å². The van der Waals surface area contributed by atoms with E-state index in [1.54, 1.807) is 4.90 Å². The summed E-state index contributed by atoms with van der Waals surface area (Å²) in [6, 6.07) is 8.84. The number of amides is 2. The van der Waals surface area contributed by atoms with Gasteiger partial charge in [0.25, 0.3) is 0 Å². The van der Waals surface area contributed by atoms with Crippen molar-refractivity contribution in [2.45, 2.75) is 37.3 Å². The van der Waals surface area contributed by atoms with E-state index in [-0.39, 0.29) is 18.7 Å². The summed E-state index contributed by atoms with van der Waals surface area (Å²) < 4.78 is 1.07. The van der Waals surface area contributed by atoms with Crippen LogP contribution >= 0.6 is 15.9 Å². The fourth-order valence-electron chi connectivity index (χ4n) is 2.62. The van der Waals surface area contributed by atoms with E-state index in [1.807, 2.05) is 12.1 Å². The summed E-state index contributed by atoms with van der Waals surface area (Å²) in [4.78, 5) is 14.0. The fourth-order valence-corrected chi connectivity index (χ4v) is 2.88. The van der Waals surface area contributed by atoms with E-state index >= 15 is 0 Å². The largest absolute Gasteiger partial charge is 0.395 e. The first kappa shape index (κ1) is 13.9. The van der Waals surface area contributed by atoms with Gasteiger partial charge in [0.1, 0.15) is 0 Å². The first-order chi connectivity index (χ1) is 9.69. The van der Waals surface area contributed by atoms with Gasteiger partial charge in [0.2, 0.25) is 0 Å². The maximum atomic E-state index is 12.2. The number of carbonyl (C=O) groups is 1. The predicted molar refractivity (Wildman–Crippen MR) is 80.6 cm³/mol. The molecule has 2 amide bonds. The van der Waals surface area contributed by atoms with Crippen molar-refractivity contribution in [1.29, 1.82) is 0 Å². The van der Waals surface area contributed by atoms with Crippen molar-refractivity contribution in [3.8, 4) is 0 Å². The second kappa shape index (κ2) is 5.74. The van der Waals surface area contributed by atoms with E-state index in [0.717, 1.165) is 23.7 Å². The van der Waals surface area contributed by atoms with E-state index in [2.05, 4.69) is 33.4 Å². The maximum absolute atomic E-state index is 12.2. The third kappa shape index (κ3) is 3.15. The van der Waals surface area contributed by atoms with Crippen LogP contribution in [0.15, 0.2) is 28.7 Å². The highest BCUT2D eigenvalue weighted by Gasteiger charge is 2.41. The molecule has 2 unspecified atom stereocenters. The van der Waals surface area contributed by atoms with Crippen LogP contribution in [0.2, 0.25) is 0 Å². The number of aliphatic hydroxyl groups excluding tert-OH is 1. The number of aliphatic hydroxyl groups is 1. The molecule has 0 bridgehead atoms. The molecular formula is C15H19BrN2O2. The molecule has 1 aromatic rings. The van der Waals surface area contributed by atoms with Crippen molar-refractivity contribution in [2.24, 2.45) is 0 Å². The molecule has 0 saturated heterocycles. The van der Waals surface area contributed by atoms with Crippen LogP contribution in [0.1, 0.15) is 30.7 Å². The van der Waals surface area contributed by atoms with Crippen LogP contribution in [0, 0.1) is 0 Å². The average Bonchev–Trinajstić information content (AvgIpc) is 3.31. The van der Waals surface area contributed by atoms with Crippen molar-refractivity contribution in [1.82, 2.24) is 10.2 Å². The third-order valence-corrected chi connectivity index (χ3v) is 4.52. The van der Waals surface area contributed by atoms with Gasteiger partial charge in [0, 0.05) is 29.0 Å². The Kier molecular flexibility index (Phi) is 3.98. The van der Waals surface area contributed by atoms with E-state index in [9.17, 15) is 4.79 Å². The average molecular weight is 339 g/mol. The smallest absolute Gasteiger partial charge is 0.317 e. The summed E-state index contributed by atoms with van der Waals surface area (Å²) in [5, 5.41) is 12.1. The van der Waals surface area contributed by atoms with Gasteiger partial charge in [-0.25, -0.2) is 4.79 Å². The second-order valence-corrected chi connectivity index (χ2v) is 6.51.